The van der Waals surface area contributed by atoms with Gasteiger partial charge in [-0.2, -0.15) is 5.09 Å². The minimum atomic E-state index is -4.36. The number of rotatable bonds is 11. The Balaban J connectivity index is 1.45. The van der Waals surface area contributed by atoms with Gasteiger partial charge in [-0.3, -0.25) is 23.5 Å². The van der Waals surface area contributed by atoms with Crippen LogP contribution >= 0.6 is 7.75 Å². The molecule has 218 valence electrons. The van der Waals surface area contributed by atoms with Gasteiger partial charge in [0.15, 0.2) is 12.4 Å². The smallest absolute Gasteiger partial charge is 0.459 e. The molecule has 3 heterocycles. The number of pyridine rings is 1. The van der Waals surface area contributed by atoms with Gasteiger partial charge in [0.05, 0.1) is 6.61 Å². The Morgan fingerprint density at radius 2 is 1.98 bits per heavy atom. The molecule has 1 aliphatic heterocycles. The molecule has 0 bridgehead atoms. The van der Waals surface area contributed by atoms with E-state index in [1.165, 1.54) is 43.6 Å². The first kappa shape index (κ1) is 30.0. The number of halogens is 1. The highest BCUT2D eigenvalue weighted by atomic mass is 31.2. The number of alkyl halides is 1. The summed E-state index contributed by atoms with van der Waals surface area (Å²) in [6, 6.07) is 10.2. The summed E-state index contributed by atoms with van der Waals surface area (Å²) in [5, 5.41) is 24.4. The zero-order valence-corrected chi connectivity index (χ0v) is 22.7. The highest BCUT2D eigenvalue weighted by molar-refractivity contribution is 7.52. The van der Waals surface area contributed by atoms with Crippen molar-refractivity contribution in [1.29, 1.82) is 0 Å². The highest BCUT2D eigenvalue weighted by Crippen LogP contribution is 2.46. The fourth-order valence-corrected chi connectivity index (χ4v) is 5.30. The fraction of sp³-hybridized carbons (Fsp3) is 0.320. The molecular weight excluding hydrogens is 564 g/mol. The van der Waals surface area contributed by atoms with Crippen LogP contribution in [0.1, 0.15) is 29.5 Å². The van der Waals surface area contributed by atoms with Crippen LogP contribution in [0.3, 0.4) is 0 Å². The van der Waals surface area contributed by atoms with Crippen molar-refractivity contribution in [2.75, 3.05) is 11.9 Å². The van der Waals surface area contributed by atoms with Gasteiger partial charge < -0.3 is 24.8 Å². The van der Waals surface area contributed by atoms with E-state index in [9.17, 15) is 29.2 Å². The molecule has 0 radical (unpaired) electrons. The molecule has 1 unspecified atom stereocenters. The number of aliphatic hydroxyl groups excluding tert-OH is 1. The number of aliphatic hydroxyl groups is 1. The molecule has 0 aliphatic carbocycles. The number of carboxylic acids is 1. The highest BCUT2D eigenvalue weighted by Gasteiger charge is 2.47. The van der Waals surface area contributed by atoms with E-state index in [1.807, 2.05) is 0 Å². The minimum Gasteiger partial charge on any atom is -0.480 e. The molecule has 1 amide bonds. The lowest BCUT2D eigenvalue weighted by Crippen LogP contribution is -2.36. The molecule has 0 spiro atoms. The number of carbonyl (C=O) groups is 2. The molecule has 41 heavy (non-hydrogen) atoms. The summed E-state index contributed by atoms with van der Waals surface area (Å²) in [5.41, 5.74) is -0.562. The van der Waals surface area contributed by atoms with Crippen LogP contribution in [0, 0.1) is 6.92 Å². The zero-order valence-electron chi connectivity index (χ0n) is 21.8. The Bertz CT molecular complexity index is 1510. The maximum atomic E-state index is 15.1. The summed E-state index contributed by atoms with van der Waals surface area (Å²) in [5.74, 6) is -1.44. The van der Waals surface area contributed by atoms with E-state index < -0.39 is 62.4 Å². The number of nitrogens with zero attached hydrogens (tertiary/aromatic N) is 3. The number of amides is 1. The third-order valence-corrected chi connectivity index (χ3v) is 7.53. The first-order chi connectivity index (χ1) is 19.5. The maximum Gasteiger partial charge on any atom is 0.459 e. The van der Waals surface area contributed by atoms with Gasteiger partial charge in [-0.15, -0.1) is 0 Å². The van der Waals surface area contributed by atoms with Crippen molar-refractivity contribution in [2.45, 2.75) is 44.5 Å². The van der Waals surface area contributed by atoms with E-state index in [-0.39, 0.29) is 17.1 Å². The molecule has 1 aliphatic rings. The van der Waals surface area contributed by atoms with Crippen LogP contribution in [-0.4, -0.2) is 67.7 Å². The van der Waals surface area contributed by atoms with Crippen molar-refractivity contribution in [3.63, 3.8) is 0 Å². The molecule has 4 N–H and O–H groups in total. The average molecular weight is 591 g/mol. The molecule has 2 aromatic heterocycles. The maximum absolute atomic E-state index is 15.1. The second kappa shape index (κ2) is 12.7. The van der Waals surface area contributed by atoms with E-state index in [2.05, 4.69) is 20.4 Å². The van der Waals surface area contributed by atoms with Crippen molar-refractivity contribution < 1.29 is 42.5 Å². The number of ether oxygens (including phenoxy) is 1. The third kappa shape index (κ3) is 7.39. The molecule has 3 aromatic rings. The van der Waals surface area contributed by atoms with E-state index >= 15 is 4.39 Å². The van der Waals surface area contributed by atoms with Crippen LogP contribution in [0.15, 0.2) is 65.7 Å². The van der Waals surface area contributed by atoms with Gasteiger partial charge in [0.2, 0.25) is 0 Å². The lowest BCUT2D eigenvalue weighted by molar-refractivity contribution is -0.138. The second-order valence-electron chi connectivity index (χ2n) is 8.99. The topological polar surface area (TPSA) is 191 Å². The van der Waals surface area contributed by atoms with Crippen LogP contribution in [0.5, 0.6) is 5.75 Å². The zero-order chi connectivity index (χ0) is 29.7. The number of hydrogen-bond acceptors (Lipinski definition) is 10. The standard InChI is InChI=1S/C25H27FN5O9P/c1-14(25(35)36)30-41(37,40-17-6-4-3-5-7-17)38-13-19-22(33)21(26)24(39-19)31-11-9-16(12-20(31)32)29-23(34)18-8-10-27-15(2)28-18/h3-12,14,19,21-22,24,33H,13H2,1-2H3,(H,29,34)(H,30,37)(H,35,36)/t14-,19+,21+,22+,24+,41?/m0/s1. The van der Waals surface area contributed by atoms with Crippen molar-refractivity contribution in [1.82, 2.24) is 19.6 Å². The number of nitrogens with one attached hydrogen (secondary N) is 2. The predicted molar refractivity (Wildman–Crippen MR) is 141 cm³/mol. The number of para-hydroxylation sites is 1. The molecule has 16 heteroatoms. The average Bonchev–Trinajstić information content (AvgIpc) is 3.21. The number of aromatic nitrogens is 3. The molecule has 0 saturated carbocycles. The Kier molecular flexibility index (Phi) is 9.25. The Hall–Kier alpha value is -4.01. The summed E-state index contributed by atoms with van der Waals surface area (Å²) >= 11 is 0. The van der Waals surface area contributed by atoms with Crippen LogP contribution in [0.2, 0.25) is 0 Å². The number of aliphatic carboxylic acids is 1. The monoisotopic (exact) mass is 591 g/mol. The van der Waals surface area contributed by atoms with E-state index in [4.69, 9.17) is 13.8 Å². The number of hydrogen-bond donors (Lipinski definition) is 4. The third-order valence-electron chi connectivity index (χ3n) is 5.88. The number of benzene rings is 1. The first-order valence-electron chi connectivity index (χ1n) is 12.3. The molecule has 1 saturated heterocycles. The van der Waals surface area contributed by atoms with E-state index in [0.29, 0.717) is 5.82 Å². The second-order valence-corrected chi connectivity index (χ2v) is 10.7. The summed E-state index contributed by atoms with van der Waals surface area (Å²) in [6.07, 6.45) is -4.29. The lowest BCUT2D eigenvalue weighted by Gasteiger charge is -2.24. The van der Waals surface area contributed by atoms with Crippen molar-refractivity contribution in [2.24, 2.45) is 0 Å². The molecular formula is C25H27FN5O9P. The van der Waals surface area contributed by atoms with E-state index in [0.717, 1.165) is 10.6 Å². The fourth-order valence-electron chi connectivity index (χ4n) is 3.79. The number of anilines is 1. The van der Waals surface area contributed by atoms with Crippen LogP contribution in [-0.2, 0) is 18.6 Å². The van der Waals surface area contributed by atoms with Crippen molar-refractivity contribution in [3.05, 3.63) is 82.8 Å². The van der Waals surface area contributed by atoms with Crippen molar-refractivity contribution in [3.8, 4) is 5.75 Å². The largest absolute Gasteiger partial charge is 0.480 e. The van der Waals surface area contributed by atoms with Crippen molar-refractivity contribution >= 4 is 25.3 Å². The van der Waals surface area contributed by atoms with Gasteiger partial charge in [0.25, 0.3) is 11.5 Å². The van der Waals surface area contributed by atoms with Gasteiger partial charge in [0, 0.05) is 24.1 Å². The summed E-state index contributed by atoms with van der Waals surface area (Å²) < 4.78 is 45.6. The van der Waals surface area contributed by atoms with Gasteiger partial charge in [-0.05, 0) is 38.1 Å². The minimum absolute atomic E-state index is 0.0800. The Morgan fingerprint density at radius 3 is 2.63 bits per heavy atom. The van der Waals surface area contributed by atoms with Gasteiger partial charge in [-0.1, -0.05) is 18.2 Å². The molecule has 6 atom stereocenters. The molecule has 1 aromatic carbocycles. The summed E-state index contributed by atoms with van der Waals surface area (Å²) in [6.45, 7) is 2.15. The Labute approximate surface area is 232 Å². The SMILES string of the molecule is Cc1nccc(C(=O)Nc2ccn([C@@H]3O[C@H](COP(=O)(N[C@@H](C)C(=O)O)Oc4ccccc4)[C@@H](O)[C@H]3F)c(=O)c2)n1. The van der Waals surface area contributed by atoms with Gasteiger partial charge in [-0.25, -0.2) is 18.9 Å². The lowest BCUT2D eigenvalue weighted by atomic mass is 10.1. The number of carbonyl (C=O) groups excluding carboxylic acids is 1. The van der Waals surface area contributed by atoms with Crippen LogP contribution in [0.4, 0.5) is 10.1 Å². The van der Waals surface area contributed by atoms with Crippen LogP contribution < -0.4 is 20.5 Å². The molecule has 14 nitrogen and oxygen atoms in total. The normalized spacial score (nSPS) is 22.4. The quantitative estimate of drug-likeness (QED) is 0.238. The van der Waals surface area contributed by atoms with Crippen LogP contribution in [0.25, 0.3) is 0 Å². The number of aryl methyl sites for hydroxylation is 1. The van der Waals surface area contributed by atoms with E-state index in [1.54, 1.807) is 25.1 Å². The van der Waals surface area contributed by atoms with Gasteiger partial charge >= 0.3 is 13.7 Å². The molecule has 4 rings (SSSR count). The number of carboxylic acid groups (broad SMARTS) is 1. The summed E-state index contributed by atoms with van der Waals surface area (Å²) in [4.78, 5) is 44.4. The van der Waals surface area contributed by atoms with Gasteiger partial charge in [0.1, 0.15) is 35.5 Å². The first-order valence-corrected chi connectivity index (χ1v) is 13.8. The summed E-state index contributed by atoms with van der Waals surface area (Å²) in [7, 11) is -4.36. The predicted octanol–water partition coefficient (Wildman–Crippen LogP) is 2.06. The Morgan fingerprint density at radius 1 is 1.24 bits per heavy atom. The molecule has 1 fully saturated rings.